The molecule has 0 fully saturated rings. The maximum Gasteiger partial charge on any atom is 0.304 e. The predicted molar refractivity (Wildman–Crippen MR) is 88.3 cm³/mol. The van der Waals surface area contributed by atoms with Gasteiger partial charge in [-0.3, -0.25) is 14.9 Å². The van der Waals surface area contributed by atoms with Crippen molar-refractivity contribution in [2.75, 3.05) is 11.1 Å². The Hall–Kier alpha value is -2.26. The zero-order chi connectivity index (χ0) is 16.8. The minimum Gasteiger partial charge on any atom is -0.508 e. The number of aliphatic carboxylic acids is 1. The average molecular weight is 354 g/mol. The number of rotatable bonds is 7. The van der Waals surface area contributed by atoms with Gasteiger partial charge in [0.2, 0.25) is 0 Å². The van der Waals surface area contributed by atoms with Crippen LogP contribution >= 0.6 is 23.1 Å². The first-order chi connectivity index (χ1) is 10.9. The molecule has 9 heteroatoms. The van der Waals surface area contributed by atoms with Gasteiger partial charge in [0.25, 0.3) is 5.91 Å². The van der Waals surface area contributed by atoms with Crippen molar-refractivity contribution < 1.29 is 24.9 Å². The van der Waals surface area contributed by atoms with Gasteiger partial charge in [-0.05, 0) is 12.1 Å². The first-order valence-electron chi connectivity index (χ1n) is 6.52. The highest BCUT2D eigenvalue weighted by Crippen LogP contribution is 2.23. The molecule has 0 aliphatic carbocycles. The van der Waals surface area contributed by atoms with Crippen LogP contribution in [0.1, 0.15) is 22.5 Å². The number of aromatic hydroxyl groups is 2. The van der Waals surface area contributed by atoms with Crippen LogP contribution in [-0.2, 0) is 10.5 Å². The number of phenolic OH excluding ortho intramolecular Hbond substituents is 2. The molecule has 0 saturated carbocycles. The number of nitrogens with zero attached hydrogens (tertiary/aromatic N) is 1. The van der Waals surface area contributed by atoms with Gasteiger partial charge in [-0.25, -0.2) is 4.98 Å². The first-order valence-corrected chi connectivity index (χ1v) is 8.56. The summed E-state index contributed by atoms with van der Waals surface area (Å²) in [7, 11) is 0. The number of amides is 1. The Morgan fingerprint density at radius 1 is 1.22 bits per heavy atom. The van der Waals surface area contributed by atoms with E-state index in [1.54, 1.807) is 5.38 Å². The third-order valence-corrected chi connectivity index (χ3v) is 4.45. The van der Waals surface area contributed by atoms with Crippen molar-refractivity contribution in [3.63, 3.8) is 0 Å². The molecule has 0 saturated heterocycles. The highest BCUT2D eigenvalue weighted by molar-refractivity contribution is 7.98. The maximum absolute atomic E-state index is 12.0. The Morgan fingerprint density at radius 2 is 1.91 bits per heavy atom. The molecule has 0 radical (unpaired) electrons. The van der Waals surface area contributed by atoms with Crippen molar-refractivity contribution in [2.24, 2.45) is 0 Å². The molecule has 0 atom stereocenters. The Morgan fingerprint density at radius 3 is 2.57 bits per heavy atom. The number of carbonyl (C=O) groups is 2. The fourth-order valence-electron chi connectivity index (χ4n) is 1.66. The summed E-state index contributed by atoms with van der Waals surface area (Å²) < 4.78 is 0. The van der Waals surface area contributed by atoms with E-state index in [2.05, 4.69) is 10.3 Å². The first kappa shape index (κ1) is 17.1. The Balaban J connectivity index is 1.90. The van der Waals surface area contributed by atoms with Crippen molar-refractivity contribution in [1.82, 2.24) is 4.98 Å². The summed E-state index contributed by atoms with van der Waals surface area (Å²) in [5.41, 5.74) is 0.870. The van der Waals surface area contributed by atoms with E-state index in [9.17, 15) is 19.8 Å². The molecule has 4 N–H and O–H groups in total. The van der Waals surface area contributed by atoms with Gasteiger partial charge < -0.3 is 15.3 Å². The average Bonchev–Trinajstić information content (AvgIpc) is 2.90. The molecule has 0 bridgehead atoms. The maximum atomic E-state index is 12.0. The number of hydrogen-bond acceptors (Lipinski definition) is 7. The van der Waals surface area contributed by atoms with E-state index in [1.165, 1.54) is 35.2 Å². The van der Waals surface area contributed by atoms with Gasteiger partial charge in [0.05, 0.1) is 12.1 Å². The summed E-state index contributed by atoms with van der Waals surface area (Å²) >= 11 is 2.70. The summed E-state index contributed by atoms with van der Waals surface area (Å²) in [4.78, 5) is 26.7. The van der Waals surface area contributed by atoms with E-state index in [-0.39, 0.29) is 23.5 Å². The van der Waals surface area contributed by atoms with Gasteiger partial charge >= 0.3 is 5.97 Å². The molecular formula is C14H14N2O5S2. The number of aromatic nitrogens is 1. The normalized spacial score (nSPS) is 10.4. The van der Waals surface area contributed by atoms with Gasteiger partial charge in [-0.15, -0.1) is 11.3 Å². The van der Waals surface area contributed by atoms with Crippen LogP contribution < -0.4 is 5.32 Å². The number of carboxylic acids is 1. The molecule has 1 aromatic carbocycles. The Kier molecular flexibility index (Phi) is 5.83. The number of phenols is 2. The van der Waals surface area contributed by atoms with Gasteiger partial charge in [-0.1, -0.05) is 0 Å². The topological polar surface area (TPSA) is 120 Å². The minimum atomic E-state index is -0.835. The fraction of sp³-hybridized carbons (Fsp3) is 0.214. The molecule has 1 aromatic heterocycles. The van der Waals surface area contributed by atoms with Crippen LogP contribution in [0.4, 0.5) is 5.13 Å². The molecular weight excluding hydrogens is 340 g/mol. The van der Waals surface area contributed by atoms with Crippen LogP contribution in [0.25, 0.3) is 0 Å². The number of carbonyl (C=O) groups excluding carboxylic acids is 1. The van der Waals surface area contributed by atoms with E-state index in [0.717, 1.165) is 11.8 Å². The smallest absolute Gasteiger partial charge is 0.304 e. The number of benzene rings is 1. The molecule has 0 aliphatic heterocycles. The van der Waals surface area contributed by atoms with Gasteiger partial charge in [0.1, 0.15) is 11.5 Å². The van der Waals surface area contributed by atoms with Crippen molar-refractivity contribution in [3.05, 3.63) is 34.8 Å². The molecule has 1 amide bonds. The quantitative estimate of drug-likeness (QED) is 0.564. The zero-order valence-electron chi connectivity index (χ0n) is 11.9. The summed E-state index contributed by atoms with van der Waals surface area (Å²) in [6.07, 6.45) is 0.0966. The summed E-state index contributed by atoms with van der Waals surface area (Å²) in [6.45, 7) is 0. The molecule has 23 heavy (non-hydrogen) atoms. The summed E-state index contributed by atoms with van der Waals surface area (Å²) in [5, 5.41) is 32.1. The van der Waals surface area contributed by atoms with Crippen molar-refractivity contribution in [1.29, 1.82) is 0 Å². The standard InChI is InChI=1S/C14H14N2O5S2/c17-10-3-8(4-11(18)5-10)13(21)16-14-15-9(7-23-14)6-22-2-1-12(19)20/h3-5,7,17-18H,1-2,6H2,(H,19,20)(H,15,16,21). The minimum absolute atomic E-state index is 0.0966. The highest BCUT2D eigenvalue weighted by Gasteiger charge is 2.11. The second-order valence-electron chi connectivity index (χ2n) is 4.53. The SMILES string of the molecule is O=C(O)CCSCc1csc(NC(=O)c2cc(O)cc(O)c2)n1. The van der Waals surface area contributed by atoms with Gasteiger partial charge in [0.15, 0.2) is 5.13 Å². The third kappa shape index (κ3) is 5.46. The van der Waals surface area contributed by atoms with Crippen LogP contribution in [0.2, 0.25) is 0 Å². The molecule has 0 unspecified atom stereocenters. The predicted octanol–water partition coefficient (Wildman–Crippen LogP) is 2.51. The van der Waals surface area contributed by atoms with Crippen LogP contribution in [0, 0.1) is 0 Å². The van der Waals surface area contributed by atoms with E-state index < -0.39 is 11.9 Å². The number of hydrogen-bond donors (Lipinski definition) is 4. The van der Waals surface area contributed by atoms with Crippen molar-refractivity contribution in [2.45, 2.75) is 12.2 Å². The lowest BCUT2D eigenvalue weighted by molar-refractivity contribution is -0.136. The third-order valence-electron chi connectivity index (χ3n) is 2.65. The number of thiazole rings is 1. The van der Waals surface area contributed by atoms with E-state index >= 15 is 0 Å². The van der Waals surface area contributed by atoms with Crippen LogP contribution in [0.15, 0.2) is 23.6 Å². The number of anilines is 1. The molecule has 1 heterocycles. The van der Waals surface area contributed by atoms with Crippen LogP contribution in [0.3, 0.4) is 0 Å². The largest absolute Gasteiger partial charge is 0.508 e. The number of carboxylic acid groups (broad SMARTS) is 1. The van der Waals surface area contributed by atoms with E-state index in [1.807, 2.05) is 0 Å². The second kappa shape index (κ2) is 7.84. The Bertz CT molecular complexity index is 697. The van der Waals surface area contributed by atoms with Crippen molar-refractivity contribution in [3.8, 4) is 11.5 Å². The van der Waals surface area contributed by atoms with Gasteiger partial charge in [0, 0.05) is 28.5 Å². The summed E-state index contributed by atoms with van der Waals surface area (Å²) in [6, 6.07) is 3.61. The summed E-state index contributed by atoms with van der Waals surface area (Å²) in [5.74, 6) is -0.674. The second-order valence-corrected chi connectivity index (χ2v) is 6.50. The highest BCUT2D eigenvalue weighted by atomic mass is 32.2. The fourth-order valence-corrected chi connectivity index (χ4v) is 3.29. The zero-order valence-corrected chi connectivity index (χ0v) is 13.5. The van der Waals surface area contributed by atoms with Crippen molar-refractivity contribution >= 4 is 40.1 Å². The molecule has 0 spiro atoms. The van der Waals surface area contributed by atoms with Gasteiger partial charge in [-0.2, -0.15) is 11.8 Å². The molecule has 122 valence electrons. The lowest BCUT2D eigenvalue weighted by Crippen LogP contribution is -2.11. The lowest BCUT2D eigenvalue weighted by atomic mass is 10.2. The molecule has 0 aliphatic rings. The van der Waals surface area contributed by atoms with E-state index in [4.69, 9.17) is 5.11 Å². The molecule has 2 aromatic rings. The molecule has 2 rings (SSSR count). The van der Waals surface area contributed by atoms with Crippen LogP contribution in [-0.4, -0.2) is 37.9 Å². The van der Waals surface area contributed by atoms with Crippen LogP contribution in [0.5, 0.6) is 11.5 Å². The lowest BCUT2D eigenvalue weighted by Gasteiger charge is -2.03. The monoisotopic (exact) mass is 354 g/mol. The Labute approximate surface area is 140 Å². The number of thioether (sulfide) groups is 1. The molecule has 7 nitrogen and oxygen atoms in total. The van der Waals surface area contributed by atoms with E-state index in [0.29, 0.717) is 16.6 Å². The number of nitrogens with one attached hydrogen (secondary N) is 1.